The molecule has 72 valence electrons. The first-order chi connectivity index (χ1) is 6.11. The molecule has 6 heteroatoms. The molecule has 13 heavy (non-hydrogen) atoms. The minimum atomic E-state index is -0.291. The average Bonchev–Trinajstić information content (AvgIpc) is 2.47. The lowest BCUT2D eigenvalue weighted by Gasteiger charge is -2.06. The number of hydrogen-bond acceptors (Lipinski definition) is 5. The lowest BCUT2D eigenvalue weighted by molar-refractivity contribution is 0.000409. The number of nitrogens with one attached hydrogen (secondary N) is 1. The summed E-state index contributed by atoms with van der Waals surface area (Å²) in [6.07, 6.45) is -0.0369. The summed E-state index contributed by atoms with van der Waals surface area (Å²) in [6, 6.07) is 0. The fraction of sp³-hybridized carbons (Fsp3) is 0.571. The molecular formula is C7H11N3O2S. The Hall–Kier alpha value is -1.01. The van der Waals surface area contributed by atoms with Crippen molar-refractivity contribution < 1.29 is 9.63 Å². The highest BCUT2D eigenvalue weighted by molar-refractivity contribution is 7.07. The van der Waals surface area contributed by atoms with E-state index in [1.165, 1.54) is 0 Å². The molecule has 0 atom stereocenters. The minimum Gasteiger partial charge on any atom is -0.271 e. The molecule has 0 aliphatic rings. The summed E-state index contributed by atoms with van der Waals surface area (Å²) >= 11 is 1.06. The van der Waals surface area contributed by atoms with Gasteiger partial charge in [-0.3, -0.25) is 9.63 Å². The van der Waals surface area contributed by atoms with Crippen LogP contribution in [0.5, 0.6) is 0 Å². The Bertz CT molecular complexity index is 298. The zero-order valence-electron chi connectivity index (χ0n) is 7.70. The number of aryl methyl sites for hydroxylation is 1. The van der Waals surface area contributed by atoms with Crippen molar-refractivity contribution in [2.75, 3.05) is 0 Å². The SMILES string of the molecule is Cc1nnsc1C(=O)NOC(C)C. The van der Waals surface area contributed by atoms with Crippen molar-refractivity contribution in [1.29, 1.82) is 0 Å². The maximum atomic E-state index is 11.3. The van der Waals surface area contributed by atoms with E-state index >= 15 is 0 Å². The summed E-state index contributed by atoms with van der Waals surface area (Å²) in [7, 11) is 0. The highest BCUT2D eigenvalue weighted by Crippen LogP contribution is 2.08. The van der Waals surface area contributed by atoms with E-state index < -0.39 is 0 Å². The molecule has 0 radical (unpaired) electrons. The number of carbonyl (C=O) groups is 1. The first-order valence-corrected chi connectivity index (χ1v) is 4.63. The molecule has 1 amide bonds. The molecule has 0 saturated heterocycles. The average molecular weight is 201 g/mol. The van der Waals surface area contributed by atoms with Crippen LogP contribution in [0.25, 0.3) is 0 Å². The van der Waals surface area contributed by atoms with Gasteiger partial charge in [-0.15, -0.1) is 5.10 Å². The lowest BCUT2D eigenvalue weighted by atomic mass is 10.4. The van der Waals surface area contributed by atoms with E-state index in [-0.39, 0.29) is 12.0 Å². The Balaban J connectivity index is 2.54. The summed E-state index contributed by atoms with van der Waals surface area (Å²) in [5.41, 5.74) is 2.94. The Morgan fingerprint density at radius 3 is 2.77 bits per heavy atom. The monoisotopic (exact) mass is 201 g/mol. The van der Waals surface area contributed by atoms with E-state index in [1.54, 1.807) is 6.92 Å². The van der Waals surface area contributed by atoms with E-state index in [2.05, 4.69) is 15.1 Å². The molecule has 1 heterocycles. The number of aromatic nitrogens is 2. The van der Waals surface area contributed by atoms with Crippen LogP contribution in [0, 0.1) is 6.92 Å². The van der Waals surface area contributed by atoms with Crippen LogP contribution in [-0.2, 0) is 4.84 Å². The second kappa shape index (κ2) is 4.29. The van der Waals surface area contributed by atoms with Crippen molar-refractivity contribution in [1.82, 2.24) is 15.1 Å². The fourth-order valence-electron chi connectivity index (χ4n) is 0.657. The van der Waals surface area contributed by atoms with Crippen LogP contribution < -0.4 is 5.48 Å². The van der Waals surface area contributed by atoms with Crippen LogP contribution in [0.4, 0.5) is 0 Å². The van der Waals surface area contributed by atoms with Gasteiger partial charge in [0, 0.05) is 0 Å². The number of hydroxylamine groups is 1. The number of carbonyl (C=O) groups excluding carboxylic acids is 1. The molecule has 1 N–H and O–H groups in total. The van der Waals surface area contributed by atoms with Crippen molar-refractivity contribution in [3.8, 4) is 0 Å². The number of nitrogens with zero attached hydrogens (tertiary/aromatic N) is 2. The largest absolute Gasteiger partial charge is 0.288 e. The highest BCUT2D eigenvalue weighted by atomic mass is 32.1. The van der Waals surface area contributed by atoms with Crippen molar-refractivity contribution >= 4 is 17.4 Å². The van der Waals surface area contributed by atoms with Gasteiger partial charge in [-0.25, -0.2) is 5.48 Å². The Kier molecular flexibility index (Phi) is 3.32. The van der Waals surface area contributed by atoms with Gasteiger partial charge in [0.2, 0.25) is 0 Å². The van der Waals surface area contributed by atoms with Gasteiger partial charge in [0.25, 0.3) is 5.91 Å². The highest BCUT2D eigenvalue weighted by Gasteiger charge is 2.13. The van der Waals surface area contributed by atoms with Gasteiger partial charge in [0.15, 0.2) is 0 Å². The van der Waals surface area contributed by atoms with Crippen LogP contribution in [0.1, 0.15) is 29.2 Å². The number of rotatable bonds is 3. The molecule has 1 aromatic heterocycles. The molecule has 0 saturated carbocycles. The van der Waals surface area contributed by atoms with Gasteiger partial charge < -0.3 is 0 Å². The van der Waals surface area contributed by atoms with Gasteiger partial charge in [-0.2, -0.15) is 0 Å². The zero-order valence-corrected chi connectivity index (χ0v) is 8.51. The van der Waals surface area contributed by atoms with E-state index in [0.29, 0.717) is 10.6 Å². The van der Waals surface area contributed by atoms with Gasteiger partial charge in [0.05, 0.1) is 11.8 Å². The second-order valence-corrected chi connectivity index (χ2v) is 3.54. The van der Waals surface area contributed by atoms with Crippen molar-refractivity contribution in [3.05, 3.63) is 10.6 Å². The van der Waals surface area contributed by atoms with Crippen LogP contribution in [0.2, 0.25) is 0 Å². The Morgan fingerprint density at radius 2 is 2.31 bits per heavy atom. The molecule has 0 fully saturated rings. The van der Waals surface area contributed by atoms with Crippen molar-refractivity contribution in [2.45, 2.75) is 26.9 Å². The smallest absolute Gasteiger partial charge is 0.271 e. The quantitative estimate of drug-likeness (QED) is 0.738. The molecule has 1 aromatic rings. The van der Waals surface area contributed by atoms with E-state index in [0.717, 1.165) is 11.5 Å². The summed E-state index contributed by atoms with van der Waals surface area (Å²) in [5, 5.41) is 3.72. The third-order valence-corrected chi connectivity index (χ3v) is 2.07. The maximum absolute atomic E-state index is 11.3. The van der Waals surface area contributed by atoms with E-state index in [1.807, 2.05) is 13.8 Å². The predicted octanol–water partition coefficient (Wildman–Crippen LogP) is 0.916. The van der Waals surface area contributed by atoms with Crippen LogP contribution in [0.15, 0.2) is 0 Å². The number of hydrogen-bond donors (Lipinski definition) is 1. The summed E-state index contributed by atoms with van der Waals surface area (Å²) in [5.74, 6) is -0.291. The Labute approximate surface area is 80.2 Å². The second-order valence-electron chi connectivity index (χ2n) is 2.79. The molecular weight excluding hydrogens is 190 g/mol. The number of amides is 1. The molecule has 0 bridgehead atoms. The molecule has 5 nitrogen and oxygen atoms in total. The topological polar surface area (TPSA) is 64.1 Å². The summed E-state index contributed by atoms with van der Waals surface area (Å²) in [6.45, 7) is 5.39. The van der Waals surface area contributed by atoms with Crippen LogP contribution in [-0.4, -0.2) is 21.6 Å². The first kappa shape index (κ1) is 10.1. The fourth-order valence-corrected chi connectivity index (χ4v) is 1.20. The third kappa shape index (κ3) is 2.74. The van der Waals surface area contributed by atoms with Crippen molar-refractivity contribution in [2.24, 2.45) is 0 Å². The lowest BCUT2D eigenvalue weighted by Crippen LogP contribution is -2.26. The molecule has 1 rings (SSSR count). The van der Waals surface area contributed by atoms with Gasteiger partial charge in [-0.05, 0) is 32.3 Å². The van der Waals surface area contributed by atoms with Crippen LogP contribution in [0.3, 0.4) is 0 Å². The maximum Gasteiger partial charge on any atom is 0.288 e. The predicted molar refractivity (Wildman–Crippen MR) is 48.3 cm³/mol. The molecule has 0 unspecified atom stereocenters. The van der Waals surface area contributed by atoms with Gasteiger partial charge in [0.1, 0.15) is 4.88 Å². The normalized spacial score (nSPS) is 10.5. The summed E-state index contributed by atoms with van der Waals surface area (Å²) < 4.78 is 3.65. The van der Waals surface area contributed by atoms with Crippen molar-refractivity contribution in [3.63, 3.8) is 0 Å². The first-order valence-electron chi connectivity index (χ1n) is 3.86. The third-order valence-electron chi connectivity index (χ3n) is 1.25. The zero-order chi connectivity index (χ0) is 9.84. The van der Waals surface area contributed by atoms with Gasteiger partial charge >= 0.3 is 0 Å². The standard InChI is InChI=1S/C7H11N3O2S/c1-4(2)12-9-7(11)6-5(3)8-10-13-6/h4H,1-3H3,(H,9,11). The molecule has 0 aliphatic carbocycles. The molecule has 0 spiro atoms. The summed E-state index contributed by atoms with van der Waals surface area (Å²) in [4.78, 5) is 16.7. The van der Waals surface area contributed by atoms with Crippen LogP contribution >= 0.6 is 11.5 Å². The van der Waals surface area contributed by atoms with E-state index in [4.69, 9.17) is 4.84 Å². The Morgan fingerprint density at radius 1 is 1.62 bits per heavy atom. The van der Waals surface area contributed by atoms with Gasteiger partial charge in [-0.1, -0.05) is 4.49 Å². The molecule has 0 aliphatic heterocycles. The minimum absolute atomic E-state index is 0.0369. The molecule has 0 aromatic carbocycles. The van der Waals surface area contributed by atoms with E-state index in [9.17, 15) is 4.79 Å².